The van der Waals surface area contributed by atoms with Crippen LogP contribution in [0.15, 0.2) is 28.9 Å². The first-order valence-electron chi connectivity index (χ1n) is 12.8. The molecule has 2 aromatic rings. The molecule has 2 N–H and O–H groups in total. The van der Waals surface area contributed by atoms with Crippen LogP contribution >= 0.6 is 15.9 Å². The molecule has 1 saturated carbocycles. The lowest BCUT2D eigenvalue weighted by Crippen LogP contribution is -2.44. The first kappa shape index (κ1) is 25.7. The van der Waals surface area contributed by atoms with Gasteiger partial charge in [-0.05, 0) is 72.4 Å². The van der Waals surface area contributed by atoms with Crippen molar-refractivity contribution < 1.29 is 4.79 Å². The SMILES string of the molecule is CCc1cc(N2CCN(C)CC2)ccc1Nc1ncc(Br)c(NCCCN(C)C(=O)C2CCC2)n1. The molecular formula is C26H38BrN7O. The van der Waals surface area contributed by atoms with E-state index in [0.717, 1.165) is 80.9 Å². The molecule has 4 rings (SSSR count). The van der Waals surface area contributed by atoms with E-state index >= 15 is 0 Å². The lowest BCUT2D eigenvalue weighted by molar-refractivity contribution is -0.136. The van der Waals surface area contributed by atoms with Gasteiger partial charge >= 0.3 is 0 Å². The fourth-order valence-electron chi connectivity index (χ4n) is 4.53. The van der Waals surface area contributed by atoms with Crippen LogP contribution < -0.4 is 15.5 Å². The minimum absolute atomic E-state index is 0.251. The molecule has 2 aliphatic rings. The van der Waals surface area contributed by atoms with E-state index in [2.05, 4.69) is 78.5 Å². The van der Waals surface area contributed by atoms with E-state index in [1.807, 2.05) is 11.9 Å². The molecule has 9 heteroatoms. The molecule has 2 heterocycles. The maximum atomic E-state index is 12.3. The normalized spacial score (nSPS) is 16.6. The van der Waals surface area contributed by atoms with Crippen LogP contribution in [0.1, 0.15) is 38.2 Å². The van der Waals surface area contributed by atoms with Crippen LogP contribution in [0.2, 0.25) is 0 Å². The van der Waals surface area contributed by atoms with E-state index in [-0.39, 0.29) is 11.8 Å². The van der Waals surface area contributed by atoms with Crippen LogP contribution in [0.4, 0.5) is 23.1 Å². The Morgan fingerprint density at radius 1 is 1.23 bits per heavy atom. The van der Waals surface area contributed by atoms with Gasteiger partial charge in [0.15, 0.2) is 0 Å². The zero-order chi connectivity index (χ0) is 24.8. The summed E-state index contributed by atoms with van der Waals surface area (Å²) in [6.45, 7) is 7.96. The highest BCUT2D eigenvalue weighted by molar-refractivity contribution is 9.10. The highest BCUT2D eigenvalue weighted by Gasteiger charge is 2.27. The number of hydrogen-bond donors (Lipinski definition) is 2. The van der Waals surface area contributed by atoms with Crippen LogP contribution in [0.5, 0.6) is 0 Å². The fraction of sp³-hybridized carbons (Fsp3) is 0.577. The molecule has 1 amide bonds. The number of hydrogen-bond acceptors (Lipinski definition) is 7. The highest BCUT2D eigenvalue weighted by atomic mass is 79.9. The fourth-order valence-corrected chi connectivity index (χ4v) is 4.86. The number of nitrogens with one attached hydrogen (secondary N) is 2. The molecule has 0 radical (unpaired) electrons. The van der Waals surface area contributed by atoms with Crippen LogP contribution in [0.3, 0.4) is 0 Å². The zero-order valence-electron chi connectivity index (χ0n) is 21.2. The van der Waals surface area contributed by atoms with Gasteiger partial charge in [0.25, 0.3) is 0 Å². The summed E-state index contributed by atoms with van der Waals surface area (Å²) in [5.74, 6) is 1.86. The molecule has 1 aliphatic heterocycles. The van der Waals surface area contributed by atoms with Crippen LogP contribution in [-0.4, -0.2) is 79.0 Å². The molecular weight excluding hydrogens is 506 g/mol. The predicted octanol–water partition coefficient (Wildman–Crippen LogP) is 4.36. The van der Waals surface area contributed by atoms with Gasteiger partial charge in [0.05, 0.1) is 4.47 Å². The molecule has 0 spiro atoms. The quantitative estimate of drug-likeness (QED) is 0.431. The van der Waals surface area contributed by atoms with Crippen molar-refractivity contribution in [2.75, 3.05) is 68.9 Å². The Bertz CT molecular complexity index is 1010. The molecule has 0 atom stereocenters. The second-order valence-corrected chi connectivity index (χ2v) is 10.5. The number of halogens is 1. The zero-order valence-corrected chi connectivity index (χ0v) is 22.8. The molecule has 1 saturated heterocycles. The lowest BCUT2D eigenvalue weighted by Gasteiger charge is -2.34. The van der Waals surface area contributed by atoms with Crippen molar-refractivity contribution in [2.45, 2.75) is 39.0 Å². The van der Waals surface area contributed by atoms with E-state index < -0.39 is 0 Å². The number of carbonyl (C=O) groups is 1. The molecule has 190 valence electrons. The number of carbonyl (C=O) groups excluding carboxylic acids is 1. The summed E-state index contributed by atoms with van der Waals surface area (Å²) in [7, 11) is 4.09. The molecule has 8 nitrogen and oxygen atoms in total. The largest absolute Gasteiger partial charge is 0.369 e. The molecule has 35 heavy (non-hydrogen) atoms. The average Bonchev–Trinajstić information content (AvgIpc) is 2.83. The van der Waals surface area contributed by atoms with Crippen molar-refractivity contribution in [3.63, 3.8) is 0 Å². The number of nitrogens with zero attached hydrogens (tertiary/aromatic N) is 5. The first-order valence-corrected chi connectivity index (χ1v) is 13.6. The molecule has 1 aromatic heterocycles. The van der Waals surface area contributed by atoms with Gasteiger partial charge < -0.3 is 25.3 Å². The Labute approximate surface area is 217 Å². The Balaban J connectivity index is 1.33. The minimum atomic E-state index is 0.251. The van der Waals surface area contributed by atoms with Gasteiger partial charge in [-0.15, -0.1) is 0 Å². The summed E-state index contributed by atoms with van der Waals surface area (Å²) in [6, 6.07) is 6.61. The summed E-state index contributed by atoms with van der Waals surface area (Å²) in [4.78, 5) is 28.2. The van der Waals surface area contributed by atoms with Gasteiger partial charge in [-0.1, -0.05) is 13.3 Å². The Kier molecular flexibility index (Phi) is 8.83. The van der Waals surface area contributed by atoms with E-state index in [1.54, 1.807) is 6.20 Å². The molecule has 1 aromatic carbocycles. The van der Waals surface area contributed by atoms with Gasteiger partial charge in [-0.25, -0.2) is 4.98 Å². The third kappa shape index (κ3) is 6.64. The first-order chi connectivity index (χ1) is 16.9. The monoisotopic (exact) mass is 543 g/mol. The van der Waals surface area contributed by atoms with E-state index in [1.165, 1.54) is 17.7 Å². The Hall–Kier alpha value is -2.39. The third-order valence-corrected chi connectivity index (χ3v) is 7.70. The maximum absolute atomic E-state index is 12.3. The van der Waals surface area contributed by atoms with Crippen molar-refractivity contribution in [1.82, 2.24) is 19.8 Å². The Morgan fingerprint density at radius 3 is 2.69 bits per heavy atom. The summed E-state index contributed by atoms with van der Waals surface area (Å²) >= 11 is 3.55. The summed E-state index contributed by atoms with van der Waals surface area (Å²) < 4.78 is 0.822. The molecule has 2 fully saturated rings. The number of piperazine rings is 1. The second-order valence-electron chi connectivity index (χ2n) is 9.67. The van der Waals surface area contributed by atoms with Crippen LogP contribution in [0, 0.1) is 5.92 Å². The predicted molar refractivity (Wildman–Crippen MR) is 147 cm³/mol. The van der Waals surface area contributed by atoms with Crippen molar-refractivity contribution in [3.05, 3.63) is 34.4 Å². The smallest absolute Gasteiger partial charge is 0.229 e. The van der Waals surface area contributed by atoms with E-state index in [4.69, 9.17) is 0 Å². The summed E-state index contributed by atoms with van der Waals surface area (Å²) in [6.07, 6.45) is 6.84. The molecule has 0 bridgehead atoms. The van der Waals surface area contributed by atoms with Gasteiger partial charge in [-0.2, -0.15) is 4.98 Å². The van der Waals surface area contributed by atoms with E-state index in [0.29, 0.717) is 5.95 Å². The molecule has 1 aliphatic carbocycles. The number of amides is 1. The van der Waals surface area contributed by atoms with Crippen molar-refractivity contribution in [3.8, 4) is 0 Å². The number of benzene rings is 1. The summed E-state index contributed by atoms with van der Waals surface area (Å²) in [5.41, 5.74) is 3.57. The number of aromatic nitrogens is 2. The standard InChI is InChI=1S/C26H38BrN7O/c1-4-19-17-21(34-15-13-32(2)14-16-34)9-10-23(19)30-26-29-18-22(27)24(31-26)28-11-6-12-33(3)25(35)20-7-5-8-20/h9-10,17-18,20H,4-8,11-16H2,1-3H3,(H2,28,29,30,31). The topological polar surface area (TPSA) is 76.6 Å². The van der Waals surface area contributed by atoms with Crippen LogP contribution in [0.25, 0.3) is 0 Å². The van der Waals surface area contributed by atoms with Crippen LogP contribution in [-0.2, 0) is 11.2 Å². The minimum Gasteiger partial charge on any atom is -0.369 e. The highest BCUT2D eigenvalue weighted by Crippen LogP contribution is 2.29. The number of aryl methyl sites for hydroxylation is 1. The maximum Gasteiger partial charge on any atom is 0.229 e. The van der Waals surface area contributed by atoms with Gasteiger partial charge in [0.1, 0.15) is 5.82 Å². The van der Waals surface area contributed by atoms with Crippen molar-refractivity contribution in [1.29, 1.82) is 0 Å². The van der Waals surface area contributed by atoms with Gasteiger partial charge in [-0.3, -0.25) is 4.79 Å². The number of rotatable bonds is 10. The Morgan fingerprint density at radius 2 is 2.00 bits per heavy atom. The lowest BCUT2D eigenvalue weighted by atomic mass is 9.84. The van der Waals surface area contributed by atoms with E-state index in [9.17, 15) is 4.79 Å². The van der Waals surface area contributed by atoms with Crippen molar-refractivity contribution >= 4 is 45.0 Å². The summed E-state index contributed by atoms with van der Waals surface area (Å²) in [5, 5.41) is 6.80. The van der Waals surface area contributed by atoms with Gasteiger partial charge in [0.2, 0.25) is 11.9 Å². The third-order valence-electron chi connectivity index (χ3n) is 7.12. The van der Waals surface area contributed by atoms with Gasteiger partial charge in [0, 0.05) is 69.8 Å². The average molecular weight is 545 g/mol. The molecule has 0 unspecified atom stereocenters. The second kappa shape index (κ2) is 12.0. The number of likely N-dealkylation sites (N-methyl/N-ethyl adjacent to an activating group) is 1. The van der Waals surface area contributed by atoms with Crippen molar-refractivity contribution in [2.24, 2.45) is 5.92 Å². The number of anilines is 4.